The van der Waals surface area contributed by atoms with Gasteiger partial charge in [0.05, 0.1) is 23.2 Å². The predicted octanol–water partition coefficient (Wildman–Crippen LogP) is -0.296. The van der Waals surface area contributed by atoms with Crippen molar-refractivity contribution in [3.8, 4) is 0 Å². The van der Waals surface area contributed by atoms with E-state index in [0.29, 0.717) is 21.3 Å². The Morgan fingerprint density at radius 3 is 2.75 bits per heavy atom. The molecule has 0 saturated carbocycles. The molecular formula is C20H21N7O4S. The van der Waals surface area contributed by atoms with E-state index in [4.69, 9.17) is 11.6 Å². The minimum absolute atomic E-state index is 0.0299. The third-order valence-corrected chi connectivity index (χ3v) is 6.97. The number of pyridine rings is 1. The van der Waals surface area contributed by atoms with E-state index in [2.05, 4.69) is 20.1 Å². The zero-order chi connectivity index (χ0) is 23.1. The van der Waals surface area contributed by atoms with Gasteiger partial charge in [0, 0.05) is 17.5 Å². The molecule has 11 nitrogen and oxygen atoms in total. The highest BCUT2D eigenvalue weighted by molar-refractivity contribution is 7.92. The van der Waals surface area contributed by atoms with Crippen molar-refractivity contribution in [2.45, 2.75) is 19.1 Å². The summed E-state index contributed by atoms with van der Waals surface area (Å²) >= 11 is 0. The highest BCUT2D eigenvalue weighted by Crippen LogP contribution is 2.32. The Balaban J connectivity index is 1.61. The fraction of sp³-hybridized carbons (Fsp3) is 0.250. The van der Waals surface area contributed by atoms with Crippen LogP contribution in [0.5, 0.6) is 0 Å². The van der Waals surface area contributed by atoms with Crippen molar-refractivity contribution < 1.29 is 18.3 Å². The molecule has 0 spiro atoms. The summed E-state index contributed by atoms with van der Waals surface area (Å²) in [5.41, 5.74) is 6.60. The molecule has 3 aromatic rings. The first-order valence-corrected chi connectivity index (χ1v) is 11.4. The average molecular weight is 456 g/mol. The summed E-state index contributed by atoms with van der Waals surface area (Å²) < 4.78 is 23.5. The molecule has 0 radical (unpaired) electrons. The zero-order valence-corrected chi connectivity index (χ0v) is 18.0. The van der Waals surface area contributed by atoms with Gasteiger partial charge in [0.2, 0.25) is 17.3 Å². The lowest BCUT2D eigenvalue weighted by atomic mass is 10.0. The lowest BCUT2D eigenvalue weighted by Gasteiger charge is -2.33. The minimum Gasteiger partial charge on any atom is -0.618 e. The zero-order valence-electron chi connectivity index (χ0n) is 17.1. The fourth-order valence-electron chi connectivity index (χ4n) is 3.67. The first kappa shape index (κ1) is 21.6. The van der Waals surface area contributed by atoms with Gasteiger partial charge in [-0.1, -0.05) is 12.1 Å². The summed E-state index contributed by atoms with van der Waals surface area (Å²) in [6.07, 6.45) is 1.37. The number of hydrazone groups is 1. The molecule has 1 saturated heterocycles. The molecule has 0 bridgehead atoms. The van der Waals surface area contributed by atoms with Gasteiger partial charge in [0.1, 0.15) is 18.0 Å². The van der Waals surface area contributed by atoms with Crippen molar-refractivity contribution in [1.29, 1.82) is 0 Å². The second kappa shape index (κ2) is 7.80. The largest absolute Gasteiger partial charge is 0.618 e. The number of hydrogen-bond acceptors (Lipinski definition) is 10. The van der Waals surface area contributed by atoms with Gasteiger partial charge in [0.15, 0.2) is 15.4 Å². The third-order valence-electron chi connectivity index (χ3n) is 5.13. The standard InChI is InChI=1S/C20H21N7O4S/c1-12-5-6-14-15(7-12)24-19(21)25-18(14)16(26-22)9-23-8-13-3-2-4-17(27(13)29)20(28)10-32(30,31)11-20/h2-7,9,28H,8,10-11,22H2,1H3,(H2,21,24,25). The molecule has 166 valence electrons. The summed E-state index contributed by atoms with van der Waals surface area (Å²) in [6.45, 7) is 1.87. The minimum atomic E-state index is -3.34. The number of aryl methyl sites for hydroxylation is 1. The van der Waals surface area contributed by atoms with Gasteiger partial charge < -0.3 is 21.9 Å². The number of fused-ring (bicyclic) bond motifs is 1. The summed E-state index contributed by atoms with van der Waals surface area (Å²) in [6, 6.07) is 10.1. The van der Waals surface area contributed by atoms with Crippen molar-refractivity contribution in [2.24, 2.45) is 15.9 Å². The van der Waals surface area contributed by atoms with Gasteiger partial charge in [-0.2, -0.15) is 9.83 Å². The lowest BCUT2D eigenvalue weighted by molar-refractivity contribution is -0.630. The summed E-state index contributed by atoms with van der Waals surface area (Å²) in [5.74, 6) is 4.64. The van der Waals surface area contributed by atoms with E-state index in [1.165, 1.54) is 18.3 Å². The van der Waals surface area contributed by atoms with Crippen molar-refractivity contribution in [2.75, 3.05) is 17.2 Å². The van der Waals surface area contributed by atoms with Crippen molar-refractivity contribution >= 4 is 38.6 Å². The van der Waals surface area contributed by atoms with Crippen LogP contribution in [0.15, 0.2) is 46.5 Å². The number of aromatic nitrogens is 3. The second-order valence-electron chi connectivity index (χ2n) is 7.70. The lowest BCUT2D eigenvalue weighted by Crippen LogP contribution is -2.58. The van der Waals surface area contributed by atoms with Crippen LogP contribution in [0.3, 0.4) is 0 Å². The number of nitrogen functional groups attached to an aromatic ring is 1. The van der Waals surface area contributed by atoms with Crippen molar-refractivity contribution in [3.05, 3.63) is 64.3 Å². The molecule has 0 aliphatic carbocycles. The van der Waals surface area contributed by atoms with Crippen LogP contribution < -0.4 is 16.3 Å². The number of aliphatic imine (C=N–C) groups is 1. The first-order valence-electron chi connectivity index (χ1n) is 9.58. The average Bonchev–Trinajstić information content (AvgIpc) is 2.70. The second-order valence-corrected chi connectivity index (χ2v) is 9.76. The molecule has 0 atom stereocenters. The number of aliphatic hydroxyl groups is 1. The van der Waals surface area contributed by atoms with Gasteiger partial charge in [-0.3, -0.25) is 4.99 Å². The van der Waals surface area contributed by atoms with Crippen LogP contribution in [0.1, 0.15) is 22.6 Å². The number of anilines is 1. The molecule has 0 unspecified atom stereocenters. The molecular weight excluding hydrogens is 434 g/mol. The van der Waals surface area contributed by atoms with E-state index in [1.54, 1.807) is 6.07 Å². The summed E-state index contributed by atoms with van der Waals surface area (Å²) in [4.78, 5) is 12.7. The molecule has 1 aromatic carbocycles. The van der Waals surface area contributed by atoms with Crippen LogP contribution in [0.25, 0.3) is 10.9 Å². The molecule has 12 heteroatoms. The Bertz CT molecular complexity index is 1370. The molecule has 32 heavy (non-hydrogen) atoms. The van der Waals surface area contributed by atoms with E-state index in [0.717, 1.165) is 5.56 Å². The van der Waals surface area contributed by atoms with Gasteiger partial charge in [-0.25, -0.2) is 18.4 Å². The molecule has 3 heterocycles. The third kappa shape index (κ3) is 3.97. The monoisotopic (exact) mass is 455 g/mol. The first-order chi connectivity index (χ1) is 15.1. The Morgan fingerprint density at radius 1 is 1.31 bits per heavy atom. The summed E-state index contributed by atoms with van der Waals surface area (Å²) in [5, 5.41) is 27.6. The number of sulfone groups is 1. The molecule has 5 N–H and O–H groups in total. The van der Waals surface area contributed by atoms with E-state index in [-0.39, 0.29) is 29.6 Å². The van der Waals surface area contributed by atoms with Crippen LogP contribution in [0.4, 0.5) is 5.95 Å². The predicted molar refractivity (Wildman–Crippen MR) is 120 cm³/mol. The number of hydrogen-bond donors (Lipinski definition) is 3. The Labute approximate surface area is 183 Å². The molecule has 0 amide bonds. The van der Waals surface area contributed by atoms with Crippen LogP contribution >= 0.6 is 0 Å². The highest BCUT2D eigenvalue weighted by atomic mass is 32.2. The maximum absolute atomic E-state index is 12.7. The van der Waals surface area contributed by atoms with Crippen molar-refractivity contribution in [3.63, 3.8) is 0 Å². The number of benzene rings is 1. The van der Waals surface area contributed by atoms with E-state index in [1.807, 2.05) is 25.1 Å². The van der Waals surface area contributed by atoms with E-state index >= 15 is 0 Å². The highest BCUT2D eigenvalue weighted by Gasteiger charge is 2.53. The topological polar surface area (TPSA) is 184 Å². The van der Waals surface area contributed by atoms with Crippen LogP contribution in [0, 0.1) is 12.1 Å². The van der Waals surface area contributed by atoms with E-state index in [9.17, 15) is 18.7 Å². The smallest absolute Gasteiger partial charge is 0.226 e. The molecule has 1 fully saturated rings. The normalized spacial score (nSPS) is 17.5. The molecule has 4 rings (SSSR count). The SMILES string of the molecule is Cc1ccc2c(C(C=NCc3cccc(C4(O)CS(=O)(=O)C4)[n+]3[O-])=NN)nc(N)nc2c1. The fourth-order valence-corrected chi connectivity index (χ4v) is 5.34. The molecule has 1 aliphatic rings. The van der Waals surface area contributed by atoms with E-state index < -0.39 is 26.9 Å². The van der Waals surface area contributed by atoms with Crippen LogP contribution in [-0.4, -0.2) is 46.9 Å². The Morgan fingerprint density at radius 2 is 2.06 bits per heavy atom. The van der Waals surface area contributed by atoms with Gasteiger partial charge in [-0.05, 0) is 24.6 Å². The molecule has 1 aliphatic heterocycles. The van der Waals surface area contributed by atoms with Crippen LogP contribution in [0.2, 0.25) is 0 Å². The van der Waals surface area contributed by atoms with Crippen molar-refractivity contribution in [1.82, 2.24) is 9.97 Å². The number of rotatable bonds is 5. The van der Waals surface area contributed by atoms with Gasteiger partial charge in [0.25, 0.3) is 0 Å². The number of nitrogens with two attached hydrogens (primary N) is 2. The maximum atomic E-state index is 12.7. The molecule has 2 aromatic heterocycles. The van der Waals surface area contributed by atoms with Crippen LogP contribution in [-0.2, 0) is 22.0 Å². The Hall–Kier alpha value is -3.64. The maximum Gasteiger partial charge on any atom is 0.226 e. The Kier molecular flexibility index (Phi) is 5.26. The summed E-state index contributed by atoms with van der Waals surface area (Å²) in [7, 11) is -3.34. The number of nitrogens with zero attached hydrogens (tertiary/aromatic N) is 5. The quantitative estimate of drug-likeness (QED) is 0.154. The van der Waals surface area contributed by atoms with Gasteiger partial charge >= 0.3 is 0 Å². The van der Waals surface area contributed by atoms with Gasteiger partial charge in [-0.15, -0.1) is 0 Å².